The number of hydrogen-bond acceptors (Lipinski definition) is 4. The minimum absolute atomic E-state index is 0.156. The molecular weight excluding hydrogens is 284 g/mol. The number of nitrogens with one attached hydrogen (secondary N) is 1. The van der Waals surface area contributed by atoms with Crippen LogP contribution in [0.1, 0.15) is 18.1 Å². The summed E-state index contributed by atoms with van der Waals surface area (Å²) in [4.78, 5) is 0.205. The molecule has 0 heterocycles. The Balaban J connectivity index is 2.89. The molecule has 0 spiro atoms. The van der Waals surface area contributed by atoms with Crippen LogP contribution in [0.2, 0.25) is 0 Å². The second kappa shape index (κ2) is 6.60. The van der Waals surface area contributed by atoms with Crippen LogP contribution in [0.25, 0.3) is 0 Å². The zero-order valence-corrected chi connectivity index (χ0v) is 13.0. The second-order valence-electron chi connectivity index (χ2n) is 4.45. The smallest absolute Gasteiger partial charge is 0.240 e. The first-order valence-electron chi connectivity index (χ1n) is 5.89. The first-order chi connectivity index (χ1) is 8.77. The van der Waals surface area contributed by atoms with E-state index in [4.69, 9.17) is 5.73 Å². The van der Waals surface area contributed by atoms with Gasteiger partial charge in [-0.05, 0) is 37.1 Å². The molecule has 1 aromatic carbocycles. The predicted octanol–water partition coefficient (Wildman–Crippen LogP) is 0.499. The zero-order valence-electron chi connectivity index (χ0n) is 11.3. The summed E-state index contributed by atoms with van der Waals surface area (Å²) >= 11 is 0. The van der Waals surface area contributed by atoms with E-state index in [-0.39, 0.29) is 16.7 Å². The molecule has 0 aliphatic carbocycles. The van der Waals surface area contributed by atoms with Crippen molar-refractivity contribution in [3.8, 4) is 0 Å². The molecule has 0 bridgehead atoms. The van der Waals surface area contributed by atoms with E-state index in [1.165, 1.54) is 6.07 Å². The third-order valence-corrected chi connectivity index (χ3v) is 5.69. The molecule has 0 aromatic heterocycles. The van der Waals surface area contributed by atoms with E-state index in [0.29, 0.717) is 6.54 Å². The summed E-state index contributed by atoms with van der Waals surface area (Å²) in [6, 6.07) is 4.84. The van der Waals surface area contributed by atoms with E-state index >= 15 is 0 Å². The molecule has 1 rings (SSSR count). The highest BCUT2D eigenvalue weighted by molar-refractivity contribution is 7.89. The average molecular weight is 304 g/mol. The lowest BCUT2D eigenvalue weighted by Crippen LogP contribution is -2.32. The largest absolute Gasteiger partial charge is 0.326 e. The Kier molecular flexibility index (Phi) is 5.66. The highest BCUT2D eigenvalue weighted by atomic mass is 32.2. The van der Waals surface area contributed by atoms with Crippen LogP contribution in [-0.2, 0) is 27.4 Å². The van der Waals surface area contributed by atoms with Crippen LogP contribution in [0.5, 0.6) is 0 Å². The van der Waals surface area contributed by atoms with Crippen LogP contribution in [0.3, 0.4) is 0 Å². The predicted molar refractivity (Wildman–Crippen MR) is 77.8 cm³/mol. The Bertz CT molecular complexity index is 570. The Hall–Kier alpha value is -0.760. The van der Waals surface area contributed by atoms with Crippen molar-refractivity contribution in [2.45, 2.75) is 30.5 Å². The van der Waals surface area contributed by atoms with Crippen LogP contribution < -0.4 is 10.5 Å². The Morgan fingerprint density at radius 2 is 2.05 bits per heavy atom. The summed E-state index contributed by atoms with van der Waals surface area (Å²) in [6.07, 6.45) is 1.55. The van der Waals surface area contributed by atoms with Crippen LogP contribution in [-0.4, -0.2) is 30.7 Å². The molecular formula is C12H20N2O3S2. The van der Waals surface area contributed by atoms with Crippen LogP contribution in [0.4, 0.5) is 0 Å². The molecule has 108 valence electrons. The monoisotopic (exact) mass is 304 g/mol. The van der Waals surface area contributed by atoms with Gasteiger partial charge in [0.2, 0.25) is 10.0 Å². The van der Waals surface area contributed by atoms with Gasteiger partial charge in [-0.1, -0.05) is 6.07 Å². The van der Waals surface area contributed by atoms with Crippen molar-refractivity contribution in [1.29, 1.82) is 0 Å². The molecule has 2 unspecified atom stereocenters. The highest BCUT2D eigenvalue weighted by Gasteiger charge is 2.17. The third kappa shape index (κ3) is 4.38. The molecule has 2 atom stereocenters. The van der Waals surface area contributed by atoms with E-state index < -0.39 is 20.8 Å². The molecule has 3 N–H and O–H groups in total. The Morgan fingerprint density at radius 1 is 1.42 bits per heavy atom. The fourth-order valence-electron chi connectivity index (χ4n) is 1.49. The summed E-state index contributed by atoms with van der Waals surface area (Å²) in [6.45, 7) is 4.10. The molecule has 0 saturated heterocycles. The molecule has 19 heavy (non-hydrogen) atoms. The summed E-state index contributed by atoms with van der Waals surface area (Å²) in [5, 5.41) is -0.223. The highest BCUT2D eigenvalue weighted by Crippen LogP contribution is 2.15. The van der Waals surface area contributed by atoms with Crippen molar-refractivity contribution in [2.24, 2.45) is 5.73 Å². The van der Waals surface area contributed by atoms with Crippen LogP contribution in [0.15, 0.2) is 23.1 Å². The quantitative estimate of drug-likeness (QED) is 0.801. The number of aryl methyl sites for hydroxylation is 1. The molecule has 0 amide bonds. The topological polar surface area (TPSA) is 89.3 Å². The van der Waals surface area contributed by atoms with Gasteiger partial charge in [0.05, 0.1) is 4.90 Å². The maximum atomic E-state index is 12.1. The maximum Gasteiger partial charge on any atom is 0.240 e. The number of nitrogens with two attached hydrogens (primary N) is 1. The number of benzene rings is 1. The summed E-state index contributed by atoms with van der Waals surface area (Å²) in [5.74, 6) is 0. The van der Waals surface area contributed by atoms with Crippen molar-refractivity contribution in [3.63, 3.8) is 0 Å². The zero-order chi connectivity index (χ0) is 14.6. The standard InChI is InChI=1S/C12H20N2O3S2/c1-9-6-12(5-4-11(9)7-13)19(16,17)14-8-10(2)18(3)15/h4-6,10,14H,7-8,13H2,1-3H3. The van der Waals surface area contributed by atoms with Crippen LogP contribution in [0, 0.1) is 6.92 Å². The summed E-state index contributed by atoms with van der Waals surface area (Å²) < 4.78 is 37.8. The lowest BCUT2D eigenvalue weighted by atomic mass is 10.1. The van der Waals surface area contributed by atoms with E-state index in [0.717, 1.165) is 11.1 Å². The van der Waals surface area contributed by atoms with Gasteiger partial charge in [0.25, 0.3) is 0 Å². The molecule has 0 aliphatic heterocycles. The number of hydrogen-bond donors (Lipinski definition) is 2. The normalized spacial score (nSPS) is 15.2. The third-order valence-electron chi connectivity index (χ3n) is 2.97. The van der Waals surface area contributed by atoms with E-state index in [9.17, 15) is 12.6 Å². The summed E-state index contributed by atoms with van der Waals surface area (Å²) in [5.41, 5.74) is 7.31. The molecule has 7 heteroatoms. The van der Waals surface area contributed by atoms with E-state index in [1.54, 1.807) is 25.3 Å². The molecule has 0 fully saturated rings. The van der Waals surface area contributed by atoms with E-state index in [1.807, 2.05) is 6.92 Å². The van der Waals surface area contributed by atoms with Crippen molar-refractivity contribution in [1.82, 2.24) is 4.72 Å². The average Bonchev–Trinajstić information content (AvgIpc) is 2.35. The van der Waals surface area contributed by atoms with Gasteiger partial charge in [-0.15, -0.1) is 0 Å². The fraction of sp³-hybridized carbons (Fsp3) is 0.500. The van der Waals surface area contributed by atoms with Crippen LogP contribution >= 0.6 is 0 Å². The molecule has 5 nitrogen and oxygen atoms in total. The van der Waals surface area contributed by atoms with Gasteiger partial charge in [-0.25, -0.2) is 13.1 Å². The minimum atomic E-state index is -3.56. The first kappa shape index (κ1) is 16.3. The van der Waals surface area contributed by atoms with Gasteiger partial charge in [-0.2, -0.15) is 0 Å². The van der Waals surface area contributed by atoms with Crippen molar-refractivity contribution in [3.05, 3.63) is 29.3 Å². The fourth-order valence-corrected chi connectivity index (χ4v) is 3.13. The maximum absolute atomic E-state index is 12.1. The minimum Gasteiger partial charge on any atom is -0.326 e. The lowest BCUT2D eigenvalue weighted by molar-refractivity contribution is 0.580. The number of sulfonamides is 1. The van der Waals surface area contributed by atoms with Crippen molar-refractivity contribution < 1.29 is 12.6 Å². The lowest BCUT2D eigenvalue weighted by Gasteiger charge is -2.12. The van der Waals surface area contributed by atoms with Gasteiger partial charge >= 0.3 is 0 Å². The van der Waals surface area contributed by atoms with Gasteiger partial charge in [0.15, 0.2) is 0 Å². The summed E-state index contributed by atoms with van der Waals surface area (Å²) in [7, 11) is -4.62. The molecule has 0 aliphatic rings. The van der Waals surface area contributed by atoms with Gasteiger partial charge < -0.3 is 5.73 Å². The van der Waals surface area contributed by atoms with Gasteiger partial charge in [-0.3, -0.25) is 4.21 Å². The second-order valence-corrected chi connectivity index (χ2v) is 8.02. The molecule has 0 radical (unpaired) electrons. The Morgan fingerprint density at radius 3 is 2.53 bits per heavy atom. The van der Waals surface area contributed by atoms with Crippen molar-refractivity contribution in [2.75, 3.05) is 12.8 Å². The van der Waals surface area contributed by atoms with Gasteiger partial charge in [0.1, 0.15) is 0 Å². The Labute approximate surface area is 117 Å². The van der Waals surface area contributed by atoms with E-state index in [2.05, 4.69) is 4.72 Å². The number of rotatable bonds is 6. The SMILES string of the molecule is Cc1cc(S(=O)(=O)NCC(C)S(C)=O)ccc1CN. The first-order valence-corrected chi connectivity index (χ1v) is 9.00. The molecule has 0 saturated carbocycles. The van der Waals surface area contributed by atoms with Gasteiger partial charge in [0, 0.05) is 35.4 Å². The molecule has 1 aromatic rings. The van der Waals surface area contributed by atoms with Crippen molar-refractivity contribution >= 4 is 20.8 Å².